The summed E-state index contributed by atoms with van der Waals surface area (Å²) in [6.07, 6.45) is 1.81. The number of nitrogens with one attached hydrogen (secondary N) is 2. The maximum atomic E-state index is 11.9. The van der Waals surface area contributed by atoms with Crippen LogP contribution < -0.4 is 10.2 Å². The molecule has 0 unspecified atom stereocenters. The van der Waals surface area contributed by atoms with Gasteiger partial charge in [0.15, 0.2) is 6.61 Å². The fraction of sp³-hybridized carbons (Fsp3) is 0.333. The molecular weight excluding hydrogens is 290 g/mol. The number of carbonyl (C=O) groups is 1. The smallest absolute Gasteiger partial charge is 0.277 e. The van der Waals surface area contributed by atoms with E-state index in [9.17, 15) is 4.79 Å². The van der Waals surface area contributed by atoms with E-state index >= 15 is 0 Å². The average molecular weight is 313 g/mol. The molecule has 5 nitrogen and oxygen atoms in total. The van der Waals surface area contributed by atoms with Gasteiger partial charge >= 0.3 is 0 Å². The molecule has 5 heteroatoms. The number of hydrogen-bond donors (Lipinski definition) is 2. The third-order valence-electron chi connectivity index (χ3n) is 3.49. The number of ether oxygens (including phenoxy) is 1. The normalized spacial score (nSPS) is 11.6. The summed E-state index contributed by atoms with van der Waals surface area (Å²) in [7, 11) is 0. The van der Waals surface area contributed by atoms with Gasteiger partial charge in [-0.05, 0) is 49.1 Å². The number of rotatable bonds is 6. The topological polar surface area (TPSA) is 66.5 Å². The fourth-order valence-corrected chi connectivity index (χ4v) is 2.18. The Balaban J connectivity index is 1.95. The predicted molar refractivity (Wildman–Crippen MR) is 91.9 cm³/mol. The lowest BCUT2D eigenvalue weighted by Crippen LogP contribution is -2.26. The molecule has 0 saturated heterocycles. The van der Waals surface area contributed by atoms with Crippen LogP contribution in [0.15, 0.2) is 41.6 Å². The highest BCUT2D eigenvalue weighted by molar-refractivity contribution is 5.97. The SMILES string of the molecule is C/C(=N\NC(=O)COc1cc(C)ccc1C(C)C)c1ccc[nH]1. The molecule has 0 radical (unpaired) electrons. The molecule has 2 N–H and O–H groups in total. The summed E-state index contributed by atoms with van der Waals surface area (Å²) < 4.78 is 5.67. The van der Waals surface area contributed by atoms with Gasteiger partial charge in [0.2, 0.25) is 0 Å². The Hall–Kier alpha value is -2.56. The lowest BCUT2D eigenvalue weighted by atomic mass is 10.0. The average Bonchev–Trinajstić information content (AvgIpc) is 3.04. The summed E-state index contributed by atoms with van der Waals surface area (Å²) in [4.78, 5) is 14.9. The molecule has 2 aromatic rings. The third kappa shape index (κ3) is 4.71. The van der Waals surface area contributed by atoms with E-state index in [-0.39, 0.29) is 12.5 Å². The molecule has 0 bridgehead atoms. The van der Waals surface area contributed by atoms with Gasteiger partial charge in [-0.1, -0.05) is 26.0 Å². The molecule has 23 heavy (non-hydrogen) atoms. The molecule has 1 heterocycles. The van der Waals surface area contributed by atoms with E-state index in [1.165, 1.54) is 0 Å². The highest BCUT2D eigenvalue weighted by Crippen LogP contribution is 2.27. The predicted octanol–water partition coefficient (Wildman–Crippen LogP) is 3.37. The van der Waals surface area contributed by atoms with E-state index in [0.29, 0.717) is 11.6 Å². The number of nitrogens with zero attached hydrogens (tertiary/aromatic N) is 1. The second-order valence-corrected chi connectivity index (χ2v) is 5.80. The Morgan fingerprint density at radius 2 is 2.13 bits per heavy atom. The molecule has 122 valence electrons. The van der Waals surface area contributed by atoms with Gasteiger partial charge in [-0.15, -0.1) is 0 Å². The van der Waals surface area contributed by atoms with Gasteiger partial charge in [0.05, 0.1) is 11.4 Å². The van der Waals surface area contributed by atoms with Crippen LogP contribution in [0.1, 0.15) is 43.5 Å². The van der Waals surface area contributed by atoms with Crippen LogP contribution in [0.4, 0.5) is 0 Å². The molecule has 1 aromatic heterocycles. The maximum Gasteiger partial charge on any atom is 0.277 e. The van der Waals surface area contributed by atoms with Gasteiger partial charge in [-0.3, -0.25) is 4.79 Å². The third-order valence-corrected chi connectivity index (χ3v) is 3.49. The summed E-state index contributed by atoms with van der Waals surface area (Å²) in [5, 5.41) is 4.06. The van der Waals surface area contributed by atoms with E-state index < -0.39 is 0 Å². The second kappa shape index (κ2) is 7.63. The Bertz CT molecular complexity index is 688. The van der Waals surface area contributed by atoms with E-state index in [0.717, 1.165) is 22.6 Å². The second-order valence-electron chi connectivity index (χ2n) is 5.80. The number of aryl methyl sites for hydroxylation is 1. The quantitative estimate of drug-likeness (QED) is 0.634. The van der Waals surface area contributed by atoms with Crippen LogP contribution in [-0.2, 0) is 4.79 Å². The van der Waals surface area contributed by atoms with Crippen molar-refractivity contribution in [2.75, 3.05) is 6.61 Å². The summed E-state index contributed by atoms with van der Waals surface area (Å²) in [6, 6.07) is 9.82. The van der Waals surface area contributed by atoms with Crippen molar-refractivity contribution in [3.05, 3.63) is 53.3 Å². The first-order valence-corrected chi connectivity index (χ1v) is 7.67. The summed E-state index contributed by atoms with van der Waals surface area (Å²) >= 11 is 0. The molecule has 0 spiro atoms. The van der Waals surface area contributed by atoms with Gasteiger partial charge in [0.1, 0.15) is 5.75 Å². The van der Waals surface area contributed by atoms with Gasteiger partial charge in [-0.2, -0.15) is 5.10 Å². The van der Waals surface area contributed by atoms with Crippen LogP contribution in [0.3, 0.4) is 0 Å². The molecule has 1 amide bonds. The number of aromatic amines is 1. The number of hydrogen-bond acceptors (Lipinski definition) is 3. The van der Waals surface area contributed by atoms with Crippen molar-refractivity contribution in [3.8, 4) is 5.75 Å². The molecule has 0 atom stereocenters. The fourth-order valence-electron chi connectivity index (χ4n) is 2.18. The monoisotopic (exact) mass is 313 g/mol. The number of benzene rings is 1. The minimum atomic E-state index is -0.285. The number of H-pyrrole nitrogens is 1. The van der Waals surface area contributed by atoms with Gasteiger partial charge in [-0.25, -0.2) is 5.43 Å². The van der Waals surface area contributed by atoms with E-state index in [1.807, 2.05) is 50.4 Å². The lowest BCUT2D eigenvalue weighted by Gasteiger charge is -2.14. The largest absolute Gasteiger partial charge is 0.483 e. The van der Waals surface area contributed by atoms with Crippen molar-refractivity contribution in [2.24, 2.45) is 5.10 Å². The van der Waals surface area contributed by atoms with Crippen molar-refractivity contribution < 1.29 is 9.53 Å². The van der Waals surface area contributed by atoms with E-state index in [2.05, 4.69) is 29.4 Å². The van der Waals surface area contributed by atoms with Crippen molar-refractivity contribution >= 4 is 11.6 Å². The summed E-state index contributed by atoms with van der Waals surface area (Å²) in [5.74, 6) is 0.800. The van der Waals surface area contributed by atoms with Crippen LogP contribution in [-0.4, -0.2) is 23.2 Å². The van der Waals surface area contributed by atoms with E-state index in [1.54, 1.807) is 0 Å². The summed E-state index contributed by atoms with van der Waals surface area (Å²) in [5.41, 5.74) is 6.28. The zero-order valence-electron chi connectivity index (χ0n) is 14.0. The maximum absolute atomic E-state index is 11.9. The molecule has 0 aliphatic heterocycles. The van der Waals surface area contributed by atoms with Gasteiger partial charge in [0, 0.05) is 6.20 Å². The molecule has 1 aromatic carbocycles. The zero-order valence-corrected chi connectivity index (χ0v) is 14.0. The van der Waals surface area contributed by atoms with Crippen LogP contribution in [0.2, 0.25) is 0 Å². The van der Waals surface area contributed by atoms with Crippen LogP contribution in [0.25, 0.3) is 0 Å². The Morgan fingerprint density at radius 1 is 1.35 bits per heavy atom. The minimum absolute atomic E-state index is 0.0648. The molecule has 0 aliphatic carbocycles. The first-order chi connectivity index (χ1) is 11.0. The summed E-state index contributed by atoms with van der Waals surface area (Å²) in [6.45, 7) is 7.96. The van der Waals surface area contributed by atoms with Crippen molar-refractivity contribution in [3.63, 3.8) is 0 Å². The number of hydrazone groups is 1. The number of aromatic nitrogens is 1. The van der Waals surface area contributed by atoms with Crippen molar-refractivity contribution in [2.45, 2.75) is 33.6 Å². The first-order valence-electron chi connectivity index (χ1n) is 7.67. The molecule has 0 aliphatic rings. The molecule has 2 rings (SSSR count). The molecule has 0 saturated carbocycles. The van der Waals surface area contributed by atoms with Crippen molar-refractivity contribution in [1.82, 2.24) is 10.4 Å². The van der Waals surface area contributed by atoms with Gasteiger partial charge < -0.3 is 9.72 Å². The van der Waals surface area contributed by atoms with E-state index in [4.69, 9.17) is 4.74 Å². The first kappa shape index (κ1) is 16.8. The Kier molecular flexibility index (Phi) is 5.57. The minimum Gasteiger partial charge on any atom is -0.483 e. The number of carbonyl (C=O) groups excluding carboxylic acids is 1. The Labute approximate surface area is 136 Å². The van der Waals surface area contributed by atoms with Crippen LogP contribution in [0, 0.1) is 6.92 Å². The standard InChI is InChI=1S/C18H23N3O2/c1-12(2)15-8-7-13(3)10-17(15)23-11-18(22)21-20-14(4)16-6-5-9-19-16/h5-10,12,19H,11H2,1-4H3,(H,21,22)/b20-14+. The van der Waals surface area contributed by atoms with Crippen molar-refractivity contribution in [1.29, 1.82) is 0 Å². The van der Waals surface area contributed by atoms with Gasteiger partial charge in [0.25, 0.3) is 5.91 Å². The highest BCUT2D eigenvalue weighted by atomic mass is 16.5. The number of amides is 1. The highest BCUT2D eigenvalue weighted by Gasteiger charge is 2.10. The Morgan fingerprint density at radius 3 is 2.78 bits per heavy atom. The molecule has 0 fully saturated rings. The lowest BCUT2D eigenvalue weighted by molar-refractivity contribution is -0.123. The van der Waals surface area contributed by atoms with Crippen LogP contribution in [0.5, 0.6) is 5.75 Å². The zero-order chi connectivity index (χ0) is 16.8. The molecular formula is C18H23N3O2. The van der Waals surface area contributed by atoms with Crippen LogP contribution >= 0.6 is 0 Å².